The number of carboxylic acid groups (broad SMARTS) is 1. The van der Waals surface area contributed by atoms with Crippen molar-refractivity contribution in [3.8, 4) is 0 Å². The second kappa shape index (κ2) is 4.68. The monoisotopic (exact) mass is 161 g/mol. The number of amides is 1. The number of rotatable bonds is 5. The van der Waals surface area contributed by atoms with E-state index in [0.29, 0.717) is 0 Å². The molecule has 0 aromatic carbocycles. The zero-order valence-electron chi connectivity index (χ0n) is 5.99. The molecule has 1 unspecified atom stereocenters. The van der Waals surface area contributed by atoms with Gasteiger partial charge in [-0.2, -0.15) is 0 Å². The largest absolute Gasteiger partial charge is 0.481 e. The van der Waals surface area contributed by atoms with Crippen LogP contribution < -0.4 is 5.73 Å². The average Bonchev–Trinajstić information content (AvgIpc) is 1.82. The van der Waals surface area contributed by atoms with Crippen molar-refractivity contribution in [1.82, 2.24) is 0 Å². The van der Waals surface area contributed by atoms with Gasteiger partial charge in [-0.1, -0.05) is 0 Å². The lowest BCUT2D eigenvalue weighted by Crippen LogP contribution is -2.20. The molecule has 0 radical (unpaired) electrons. The summed E-state index contributed by atoms with van der Waals surface area (Å²) in [5.74, 6) is -1.61. The van der Waals surface area contributed by atoms with Crippen LogP contribution in [0.25, 0.3) is 0 Å². The summed E-state index contributed by atoms with van der Waals surface area (Å²) in [6.45, 7) is 0. The first-order valence-corrected chi connectivity index (χ1v) is 3.20. The Balaban J connectivity index is 3.44. The van der Waals surface area contributed by atoms with Crippen molar-refractivity contribution in [3.63, 3.8) is 0 Å². The number of hydrogen-bond acceptors (Lipinski definition) is 3. The lowest BCUT2D eigenvalue weighted by molar-refractivity contribution is -0.138. The number of primary amides is 1. The van der Waals surface area contributed by atoms with Crippen molar-refractivity contribution >= 4 is 11.9 Å². The van der Waals surface area contributed by atoms with E-state index in [1.165, 1.54) is 0 Å². The van der Waals surface area contributed by atoms with E-state index in [1.807, 2.05) is 0 Å². The molecular weight excluding hydrogens is 150 g/mol. The maximum atomic E-state index is 10.2. The van der Waals surface area contributed by atoms with Crippen molar-refractivity contribution in [1.29, 1.82) is 0 Å². The molecule has 0 saturated heterocycles. The Labute approximate surface area is 63.8 Å². The molecule has 11 heavy (non-hydrogen) atoms. The fraction of sp³-hybridized carbons (Fsp3) is 0.667. The highest BCUT2D eigenvalue weighted by atomic mass is 16.4. The normalized spacial score (nSPS) is 12.5. The summed E-state index contributed by atoms with van der Waals surface area (Å²) in [5, 5.41) is 17.1. The van der Waals surface area contributed by atoms with Gasteiger partial charge < -0.3 is 15.9 Å². The third kappa shape index (κ3) is 6.79. The zero-order chi connectivity index (χ0) is 8.85. The standard InChI is InChI=1S/C6H11NO4/c7-5(9)3-4(8)1-2-6(10)11/h4,8H,1-3H2,(H2,7,9)(H,10,11). The van der Waals surface area contributed by atoms with Gasteiger partial charge in [-0.15, -0.1) is 0 Å². The quantitative estimate of drug-likeness (QED) is 0.485. The molecule has 0 aliphatic rings. The average molecular weight is 161 g/mol. The molecule has 0 saturated carbocycles. The molecule has 0 heterocycles. The van der Waals surface area contributed by atoms with E-state index in [9.17, 15) is 9.59 Å². The minimum Gasteiger partial charge on any atom is -0.481 e. The number of aliphatic hydroxyl groups is 1. The van der Waals surface area contributed by atoms with Gasteiger partial charge in [0.25, 0.3) is 0 Å². The Bertz CT molecular complexity index is 157. The van der Waals surface area contributed by atoms with Crippen LogP contribution in [-0.4, -0.2) is 28.2 Å². The smallest absolute Gasteiger partial charge is 0.303 e. The number of carbonyl (C=O) groups is 2. The number of carbonyl (C=O) groups excluding carboxylic acids is 1. The van der Waals surface area contributed by atoms with E-state index in [-0.39, 0.29) is 19.3 Å². The van der Waals surface area contributed by atoms with Gasteiger partial charge >= 0.3 is 5.97 Å². The van der Waals surface area contributed by atoms with Crippen LogP contribution in [0.15, 0.2) is 0 Å². The van der Waals surface area contributed by atoms with Crippen LogP contribution >= 0.6 is 0 Å². The number of aliphatic hydroxyl groups excluding tert-OH is 1. The van der Waals surface area contributed by atoms with Crippen LogP contribution in [0.4, 0.5) is 0 Å². The highest BCUT2D eigenvalue weighted by molar-refractivity contribution is 5.74. The third-order valence-corrected chi connectivity index (χ3v) is 1.13. The maximum absolute atomic E-state index is 10.2. The summed E-state index contributed by atoms with van der Waals surface area (Å²) < 4.78 is 0. The van der Waals surface area contributed by atoms with Crippen molar-refractivity contribution < 1.29 is 19.8 Å². The predicted octanol–water partition coefficient (Wildman–Crippen LogP) is -0.913. The number of aliphatic carboxylic acids is 1. The van der Waals surface area contributed by atoms with Gasteiger partial charge in [0, 0.05) is 6.42 Å². The summed E-state index contributed by atoms with van der Waals surface area (Å²) in [6.07, 6.45) is -1.18. The number of nitrogens with two attached hydrogens (primary N) is 1. The first-order valence-electron chi connectivity index (χ1n) is 3.20. The van der Waals surface area contributed by atoms with Gasteiger partial charge in [0.2, 0.25) is 5.91 Å². The third-order valence-electron chi connectivity index (χ3n) is 1.13. The second-order valence-corrected chi connectivity index (χ2v) is 2.26. The van der Waals surface area contributed by atoms with Crippen LogP contribution in [0.1, 0.15) is 19.3 Å². The molecular formula is C6H11NO4. The van der Waals surface area contributed by atoms with Gasteiger partial charge in [0.05, 0.1) is 12.5 Å². The van der Waals surface area contributed by atoms with Crippen molar-refractivity contribution in [2.24, 2.45) is 5.73 Å². The van der Waals surface area contributed by atoms with Crippen LogP contribution in [0.3, 0.4) is 0 Å². The Hall–Kier alpha value is -1.10. The van der Waals surface area contributed by atoms with Gasteiger partial charge in [0.1, 0.15) is 0 Å². The SMILES string of the molecule is NC(=O)CC(O)CCC(=O)O. The van der Waals surface area contributed by atoms with Crippen molar-refractivity contribution in [2.75, 3.05) is 0 Å². The lowest BCUT2D eigenvalue weighted by Gasteiger charge is -2.04. The van der Waals surface area contributed by atoms with Crippen LogP contribution in [0.2, 0.25) is 0 Å². The molecule has 64 valence electrons. The molecule has 0 spiro atoms. The van der Waals surface area contributed by atoms with Gasteiger partial charge in [0.15, 0.2) is 0 Å². The first-order chi connectivity index (χ1) is 5.02. The van der Waals surface area contributed by atoms with Gasteiger partial charge in [-0.05, 0) is 6.42 Å². The minimum absolute atomic E-state index is 0.0677. The zero-order valence-corrected chi connectivity index (χ0v) is 5.99. The maximum Gasteiger partial charge on any atom is 0.303 e. The van der Waals surface area contributed by atoms with Crippen molar-refractivity contribution in [2.45, 2.75) is 25.4 Å². The number of hydrogen-bond donors (Lipinski definition) is 3. The Morgan fingerprint density at radius 3 is 2.36 bits per heavy atom. The van der Waals surface area contributed by atoms with Crippen LogP contribution in [0, 0.1) is 0 Å². The number of carboxylic acids is 1. The summed E-state index contributed by atoms with van der Waals surface area (Å²) >= 11 is 0. The van der Waals surface area contributed by atoms with Gasteiger partial charge in [-0.25, -0.2) is 0 Å². The molecule has 4 N–H and O–H groups in total. The molecule has 0 aromatic rings. The first kappa shape index (κ1) is 9.90. The molecule has 0 aromatic heterocycles. The summed E-state index contributed by atoms with van der Waals surface area (Å²) in [7, 11) is 0. The molecule has 0 rings (SSSR count). The highest BCUT2D eigenvalue weighted by Crippen LogP contribution is 2.00. The molecule has 1 atom stereocenters. The molecule has 0 bridgehead atoms. The van der Waals surface area contributed by atoms with Crippen LogP contribution in [-0.2, 0) is 9.59 Å². The van der Waals surface area contributed by atoms with Crippen molar-refractivity contribution in [3.05, 3.63) is 0 Å². The second-order valence-electron chi connectivity index (χ2n) is 2.26. The molecule has 0 aliphatic carbocycles. The summed E-state index contributed by atoms with van der Waals surface area (Å²) in [5.41, 5.74) is 4.75. The Kier molecular flexibility index (Phi) is 4.21. The van der Waals surface area contributed by atoms with E-state index in [2.05, 4.69) is 0 Å². The summed E-state index contributed by atoms with van der Waals surface area (Å²) in [4.78, 5) is 20.1. The fourth-order valence-corrected chi connectivity index (χ4v) is 0.624. The van der Waals surface area contributed by atoms with Gasteiger partial charge in [-0.3, -0.25) is 9.59 Å². The highest BCUT2D eigenvalue weighted by Gasteiger charge is 2.09. The Morgan fingerprint density at radius 2 is 2.00 bits per heavy atom. The molecule has 1 amide bonds. The van der Waals surface area contributed by atoms with E-state index in [0.717, 1.165) is 0 Å². The molecule has 0 aliphatic heterocycles. The van der Waals surface area contributed by atoms with E-state index in [4.69, 9.17) is 15.9 Å². The molecule has 0 fully saturated rings. The molecule has 5 nitrogen and oxygen atoms in total. The minimum atomic E-state index is -0.992. The molecule has 5 heteroatoms. The van der Waals surface area contributed by atoms with E-state index < -0.39 is 18.0 Å². The summed E-state index contributed by atoms with van der Waals surface area (Å²) in [6, 6.07) is 0. The lowest BCUT2D eigenvalue weighted by atomic mass is 10.1. The Morgan fingerprint density at radius 1 is 1.45 bits per heavy atom. The van der Waals surface area contributed by atoms with E-state index >= 15 is 0 Å². The predicted molar refractivity (Wildman–Crippen MR) is 36.7 cm³/mol. The van der Waals surface area contributed by atoms with Crippen LogP contribution in [0.5, 0.6) is 0 Å². The topological polar surface area (TPSA) is 101 Å². The van der Waals surface area contributed by atoms with E-state index in [1.54, 1.807) is 0 Å². The fourth-order valence-electron chi connectivity index (χ4n) is 0.624.